The Morgan fingerprint density at radius 3 is 2.62 bits per heavy atom. The Balaban J connectivity index is 2.11. The van der Waals surface area contributed by atoms with E-state index in [1.807, 2.05) is 0 Å². The molecule has 1 heteroatoms. The lowest BCUT2D eigenvalue weighted by Gasteiger charge is -1.93. The summed E-state index contributed by atoms with van der Waals surface area (Å²) >= 11 is 0. The van der Waals surface area contributed by atoms with Gasteiger partial charge in [-0.3, -0.25) is 0 Å². The van der Waals surface area contributed by atoms with E-state index in [2.05, 4.69) is 37.3 Å². The van der Waals surface area contributed by atoms with Crippen LogP contribution in [0.15, 0.2) is 29.8 Å². The van der Waals surface area contributed by atoms with Crippen molar-refractivity contribution in [2.75, 3.05) is 6.61 Å². The predicted octanol–water partition coefficient (Wildman–Crippen LogP) is 2.39. The van der Waals surface area contributed by atoms with Crippen LogP contribution in [0, 0.1) is 12.8 Å². The molecule has 1 aliphatic carbocycles. The van der Waals surface area contributed by atoms with Crippen LogP contribution < -0.4 is 0 Å². The lowest BCUT2D eigenvalue weighted by molar-refractivity contribution is 0.281. The van der Waals surface area contributed by atoms with Crippen molar-refractivity contribution >= 4 is 6.08 Å². The molecule has 68 valence electrons. The van der Waals surface area contributed by atoms with Crippen molar-refractivity contribution in [2.24, 2.45) is 5.92 Å². The number of aryl methyl sites for hydroxylation is 1. The van der Waals surface area contributed by atoms with E-state index in [4.69, 9.17) is 5.11 Å². The van der Waals surface area contributed by atoms with Gasteiger partial charge in [0, 0.05) is 12.5 Å². The second-order valence-electron chi connectivity index (χ2n) is 3.71. The van der Waals surface area contributed by atoms with Gasteiger partial charge in [-0.05, 0) is 18.9 Å². The summed E-state index contributed by atoms with van der Waals surface area (Å²) in [7, 11) is 0. The Morgan fingerprint density at radius 1 is 1.38 bits per heavy atom. The molecule has 1 aromatic carbocycles. The molecule has 0 aromatic heterocycles. The van der Waals surface area contributed by atoms with Crippen molar-refractivity contribution in [1.82, 2.24) is 0 Å². The van der Waals surface area contributed by atoms with E-state index in [0.29, 0.717) is 12.5 Å². The molecular formula is C12H14O. The van der Waals surface area contributed by atoms with Crippen molar-refractivity contribution in [3.63, 3.8) is 0 Å². The summed E-state index contributed by atoms with van der Waals surface area (Å²) < 4.78 is 0. The topological polar surface area (TPSA) is 20.2 Å². The molecule has 1 nitrogen and oxygen atoms in total. The first-order valence-corrected chi connectivity index (χ1v) is 4.67. The van der Waals surface area contributed by atoms with Crippen LogP contribution in [0.25, 0.3) is 6.08 Å². The number of rotatable bonds is 2. The number of hydrogen-bond donors (Lipinski definition) is 1. The first kappa shape index (κ1) is 8.52. The fourth-order valence-corrected chi connectivity index (χ4v) is 1.46. The lowest BCUT2D eigenvalue weighted by Crippen LogP contribution is -1.81. The van der Waals surface area contributed by atoms with Gasteiger partial charge in [0.1, 0.15) is 0 Å². The van der Waals surface area contributed by atoms with Gasteiger partial charge in [0.25, 0.3) is 0 Å². The molecule has 0 heterocycles. The maximum atomic E-state index is 8.86. The summed E-state index contributed by atoms with van der Waals surface area (Å²) in [5.41, 5.74) is 3.92. The molecule has 0 amide bonds. The molecular weight excluding hydrogens is 160 g/mol. The molecule has 1 unspecified atom stereocenters. The molecule has 1 N–H and O–H groups in total. The number of aliphatic hydroxyl groups is 1. The van der Waals surface area contributed by atoms with Crippen LogP contribution in [0.5, 0.6) is 0 Å². The molecule has 1 atom stereocenters. The van der Waals surface area contributed by atoms with Crippen molar-refractivity contribution < 1.29 is 5.11 Å². The van der Waals surface area contributed by atoms with E-state index in [-0.39, 0.29) is 0 Å². The van der Waals surface area contributed by atoms with Crippen LogP contribution in [-0.2, 0) is 0 Å². The Morgan fingerprint density at radius 2 is 2.08 bits per heavy atom. The molecule has 13 heavy (non-hydrogen) atoms. The van der Waals surface area contributed by atoms with Gasteiger partial charge < -0.3 is 5.11 Å². The maximum absolute atomic E-state index is 8.86. The summed E-state index contributed by atoms with van der Waals surface area (Å²) in [6.45, 7) is 2.39. The van der Waals surface area contributed by atoms with Crippen LogP contribution in [-0.4, -0.2) is 11.7 Å². The quantitative estimate of drug-likeness (QED) is 0.730. The third-order valence-corrected chi connectivity index (χ3v) is 2.50. The van der Waals surface area contributed by atoms with Gasteiger partial charge in [0.2, 0.25) is 0 Å². The SMILES string of the molecule is Cc1ccc(/C=C2\CC2CO)cc1. The number of aliphatic hydroxyl groups excluding tert-OH is 1. The first-order valence-electron chi connectivity index (χ1n) is 4.67. The van der Waals surface area contributed by atoms with Crippen LogP contribution in [0.4, 0.5) is 0 Å². The Kier molecular flexibility index (Phi) is 2.19. The first-order chi connectivity index (χ1) is 6.29. The molecule has 1 aliphatic rings. The average Bonchev–Trinajstić information content (AvgIpc) is 2.88. The van der Waals surface area contributed by atoms with Crippen LogP contribution in [0.1, 0.15) is 17.5 Å². The summed E-state index contributed by atoms with van der Waals surface area (Å²) in [4.78, 5) is 0. The van der Waals surface area contributed by atoms with E-state index in [1.54, 1.807) is 0 Å². The monoisotopic (exact) mass is 174 g/mol. The fraction of sp³-hybridized carbons (Fsp3) is 0.333. The van der Waals surface area contributed by atoms with Crippen molar-refractivity contribution in [1.29, 1.82) is 0 Å². The Hall–Kier alpha value is -1.08. The molecule has 0 saturated heterocycles. The molecule has 1 aromatic rings. The van der Waals surface area contributed by atoms with Gasteiger partial charge in [-0.15, -0.1) is 0 Å². The van der Waals surface area contributed by atoms with Crippen molar-refractivity contribution in [3.8, 4) is 0 Å². The van der Waals surface area contributed by atoms with Gasteiger partial charge in [0.05, 0.1) is 0 Å². The van der Waals surface area contributed by atoms with Crippen LogP contribution in [0.2, 0.25) is 0 Å². The summed E-state index contributed by atoms with van der Waals surface area (Å²) in [5, 5.41) is 8.86. The minimum atomic E-state index is 0.303. The standard InChI is InChI=1S/C12H14O/c1-9-2-4-10(5-3-9)6-11-7-12(11)8-13/h2-6,12-13H,7-8H2,1H3/b11-6+. The zero-order valence-corrected chi connectivity index (χ0v) is 7.83. The molecule has 0 spiro atoms. The zero-order valence-electron chi connectivity index (χ0n) is 7.83. The highest BCUT2D eigenvalue weighted by Crippen LogP contribution is 2.38. The predicted molar refractivity (Wildman–Crippen MR) is 54.3 cm³/mol. The summed E-state index contributed by atoms with van der Waals surface area (Å²) in [5.74, 6) is 0.446. The number of hydrogen-bond acceptors (Lipinski definition) is 1. The van der Waals surface area contributed by atoms with E-state index in [1.165, 1.54) is 16.7 Å². The third kappa shape index (κ3) is 1.99. The average molecular weight is 174 g/mol. The molecule has 2 rings (SSSR count). The summed E-state index contributed by atoms with van der Waals surface area (Å²) in [6, 6.07) is 8.47. The second kappa shape index (κ2) is 3.35. The third-order valence-electron chi connectivity index (χ3n) is 2.50. The Labute approximate surface area is 78.7 Å². The highest BCUT2D eigenvalue weighted by Gasteiger charge is 2.27. The molecule has 0 radical (unpaired) electrons. The van der Waals surface area contributed by atoms with Crippen LogP contribution >= 0.6 is 0 Å². The molecule has 1 fully saturated rings. The lowest BCUT2D eigenvalue weighted by atomic mass is 10.1. The van der Waals surface area contributed by atoms with E-state index >= 15 is 0 Å². The molecule has 0 aliphatic heterocycles. The van der Waals surface area contributed by atoms with Crippen molar-refractivity contribution in [2.45, 2.75) is 13.3 Å². The molecule has 1 saturated carbocycles. The smallest absolute Gasteiger partial charge is 0.0499 e. The minimum Gasteiger partial charge on any atom is -0.396 e. The van der Waals surface area contributed by atoms with Gasteiger partial charge in [-0.1, -0.05) is 41.5 Å². The van der Waals surface area contributed by atoms with Gasteiger partial charge in [-0.25, -0.2) is 0 Å². The zero-order chi connectivity index (χ0) is 9.26. The van der Waals surface area contributed by atoms with Gasteiger partial charge in [0.15, 0.2) is 0 Å². The maximum Gasteiger partial charge on any atom is 0.0499 e. The summed E-state index contributed by atoms with van der Waals surface area (Å²) in [6.07, 6.45) is 3.25. The molecule has 0 bridgehead atoms. The second-order valence-corrected chi connectivity index (χ2v) is 3.71. The van der Waals surface area contributed by atoms with E-state index in [9.17, 15) is 0 Å². The fourth-order valence-electron chi connectivity index (χ4n) is 1.46. The minimum absolute atomic E-state index is 0.303. The van der Waals surface area contributed by atoms with Crippen LogP contribution in [0.3, 0.4) is 0 Å². The van der Waals surface area contributed by atoms with Gasteiger partial charge >= 0.3 is 0 Å². The Bertz CT molecular complexity index is 321. The van der Waals surface area contributed by atoms with E-state index in [0.717, 1.165) is 6.42 Å². The van der Waals surface area contributed by atoms with E-state index < -0.39 is 0 Å². The highest BCUT2D eigenvalue weighted by atomic mass is 16.3. The highest BCUT2D eigenvalue weighted by molar-refractivity contribution is 5.57. The normalized spacial score (nSPS) is 23.5. The van der Waals surface area contributed by atoms with Crippen molar-refractivity contribution in [3.05, 3.63) is 41.0 Å². The largest absolute Gasteiger partial charge is 0.396 e. The van der Waals surface area contributed by atoms with Gasteiger partial charge in [-0.2, -0.15) is 0 Å². The number of benzene rings is 1.